The maximum Gasteiger partial charge on any atom is 0.159 e. The fourth-order valence-electron chi connectivity index (χ4n) is 2.21. The largest absolute Gasteiger partial charge is 0.295 e. The van der Waals surface area contributed by atoms with E-state index in [1.54, 1.807) is 18.3 Å². The van der Waals surface area contributed by atoms with Crippen molar-refractivity contribution in [2.75, 3.05) is 0 Å². The number of benzene rings is 2. The first-order valence-electron chi connectivity index (χ1n) is 6.82. The number of hydrogen-bond donors (Lipinski definition) is 0. The molecule has 0 saturated heterocycles. The summed E-state index contributed by atoms with van der Waals surface area (Å²) in [6.07, 6.45) is 0.763. The number of aromatic nitrogens is 1. The second-order valence-corrected chi connectivity index (χ2v) is 5.87. The maximum atomic E-state index is 11.4. The van der Waals surface area contributed by atoms with Crippen LogP contribution in [0.3, 0.4) is 0 Å². The van der Waals surface area contributed by atoms with Crippen molar-refractivity contribution in [2.24, 2.45) is 0 Å². The molecule has 1 aromatic heterocycles. The third-order valence-corrected chi connectivity index (χ3v) is 4.16. The zero-order valence-electron chi connectivity index (χ0n) is 11.7. The molecule has 2 aromatic carbocycles. The van der Waals surface area contributed by atoms with Crippen LogP contribution < -0.4 is 0 Å². The molecule has 0 aliphatic heterocycles. The Balaban J connectivity index is 1.82. The Morgan fingerprint density at radius 1 is 1.10 bits per heavy atom. The van der Waals surface area contributed by atoms with E-state index >= 15 is 0 Å². The van der Waals surface area contributed by atoms with Crippen molar-refractivity contribution in [3.63, 3.8) is 0 Å². The first kappa shape index (κ1) is 13.7. The minimum Gasteiger partial charge on any atom is -0.295 e. The highest BCUT2D eigenvalue weighted by Gasteiger charge is 2.06. The van der Waals surface area contributed by atoms with E-state index < -0.39 is 0 Å². The summed E-state index contributed by atoms with van der Waals surface area (Å²) < 4.78 is 0. The van der Waals surface area contributed by atoms with Crippen molar-refractivity contribution in [1.82, 2.24) is 4.98 Å². The van der Waals surface area contributed by atoms with Crippen LogP contribution in [0, 0.1) is 0 Å². The molecule has 1 heterocycles. The van der Waals surface area contributed by atoms with Crippen molar-refractivity contribution < 1.29 is 4.79 Å². The van der Waals surface area contributed by atoms with Gasteiger partial charge in [-0.05, 0) is 18.6 Å². The summed E-state index contributed by atoms with van der Waals surface area (Å²) >= 11 is 1.66. The van der Waals surface area contributed by atoms with Crippen LogP contribution >= 0.6 is 11.3 Å². The van der Waals surface area contributed by atoms with E-state index in [4.69, 9.17) is 0 Å². The van der Waals surface area contributed by atoms with E-state index in [-0.39, 0.29) is 5.78 Å². The van der Waals surface area contributed by atoms with Gasteiger partial charge in [0.25, 0.3) is 0 Å². The number of rotatable bonds is 4. The zero-order chi connectivity index (χ0) is 14.7. The highest BCUT2D eigenvalue weighted by Crippen LogP contribution is 2.23. The first-order valence-corrected chi connectivity index (χ1v) is 7.70. The molecule has 0 amide bonds. The molecule has 0 unspecified atom stereocenters. The summed E-state index contributed by atoms with van der Waals surface area (Å²) in [5.41, 5.74) is 4.03. The van der Waals surface area contributed by atoms with Crippen molar-refractivity contribution >= 4 is 17.1 Å². The van der Waals surface area contributed by atoms with Crippen molar-refractivity contribution in [3.05, 3.63) is 76.1 Å². The Labute approximate surface area is 128 Å². The number of Topliss-reactive ketones (excluding diaryl/α,β-unsaturated/α-hetero) is 1. The molecule has 0 aliphatic carbocycles. The van der Waals surface area contributed by atoms with E-state index in [2.05, 4.69) is 22.5 Å². The Kier molecular flexibility index (Phi) is 3.93. The number of ketones is 1. The minimum absolute atomic E-state index is 0.0981. The maximum absolute atomic E-state index is 11.4. The molecule has 104 valence electrons. The highest BCUT2D eigenvalue weighted by molar-refractivity contribution is 7.10. The Morgan fingerprint density at radius 3 is 2.67 bits per heavy atom. The molecule has 0 aliphatic rings. The van der Waals surface area contributed by atoms with Crippen LogP contribution in [0.4, 0.5) is 0 Å². The Hall–Kier alpha value is -2.26. The lowest BCUT2D eigenvalue weighted by Crippen LogP contribution is -1.94. The Bertz CT molecular complexity index is 762. The van der Waals surface area contributed by atoms with E-state index in [1.165, 1.54) is 0 Å². The van der Waals surface area contributed by atoms with Crippen LogP contribution in [0.2, 0.25) is 0 Å². The third kappa shape index (κ3) is 3.26. The minimum atomic E-state index is 0.0981. The molecule has 2 nitrogen and oxygen atoms in total. The molecule has 0 atom stereocenters. The van der Waals surface area contributed by atoms with Crippen LogP contribution in [0.25, 0.3) is 11.3 Å². The van der Waals surface area contributed by atoms with Gasteiger partial charge in [0, 0.05) is 22.9 Å². The highest BCUT2D eigenvalue weighted by atomic mass is 32.1. The van der Waals surface area contributed by atoms with Gasteiger partial charge in [-0.3, -0.25) is 4.79 Å². The van der Waals surface area contributed by atoms with Gasteiger partial charge < -0.3 is 0 Å². The van der Waals surface area contributed by atoms with Gasteiger partial charge in [-0.25, -0.2) is 4.98 Å². The van der Waals surface area contributed by atoms with Crippen molar-refractivity contribution in [1.29, 1.82) is 0 Å². The lowest BCUT2D eigenvalue weighted by molar-refractivity contribution is 0.101. The lowest BCUT2D eigenvalue weighted by Gasteiger charge is -2.01. The Morgan fingerprint density at radius 2 is 1.90 bits per heavy atom. The van der Waals surface area contributed by atoms with Gasteiger partial charge in [0.05, 0.1) is 10.7 Å². The van der Waals surface area contributed by atoms with E-state index in [0.717, 1.165) is 33.8 Å². The molecule has 0 bridgehead atoms. The predicted octanol–water partition coefficient (Wildman–Crippen LogP) is 4.60. The van der Waals surface area contributed by atoms with E-state index in [1.807, 2.05) is 42.5 Å². The third-order valence-electron chi connectivity index (χ3n) is 3.31. The fourth-order valence-corrected chi connectivity index (χ4v) is 3.05. The summed E-state index contributed by atoms with van der Waals surface area (Å²) in [5, 5.41) is 3.15. The van der Waals surface area contributed by atoms with Crippen LogP contribution in [0.5, 0.6) is 0 Å². The molecule has 0 fully saturated rings. The second kappa shape index (κ2) is 6.02. The predicted molar refractivity (Wildman–Crippen MR) is 86.8 cm³/mol. The molecule has 0 saturated carbocycles. The molecule has 0 N–H and O–H groups in total. The molecule has 3 rings (SSSR count). The van der Waals surface area contributed by atoms with Gasteiger partial charge in [-0.1, -0.05) is 48.5 Å². The smallest absolute Gasteiger partial charge is 0.159 e. The molecule has 21 heavy (non-hydrogen) atoms. The van der Waals surface area contributed by atoms with Crippen LogP contribution in [-0.4, -0.2) is 10.8 Å². The molecule has 3 heteroatoms. The van der Waals surface area contributed by atoms with Gasteiger partial charge in [-0.2, -0.15) is 0 Å². The molecule has 0 spiro atoms. The lowest BCUT2D eigenvalue weighted by atomic mass is 10.1. The van der Waals surface area contributed by atoms with Gasteiger partial charge in [0.2, 0.25) is 0 Å². The summed E-state index contributed by atoms with van der Waals surface area (Å²) in [4.78, 5) is 16.1. The number of hydrogen-bond acceptors (Lipinski definition) is 3. The number of thiazole rings is 1. The van der Waals surface area contributed by atoms with Gasteiger partial charge in [0.1, 0.15) is 0 Å². The molecular weight excluding hydrogens is 278 g/mol. The van der Waals surface area contributed by atoms with E-state index in [9.17, 15) is 4.79 Å². The van der Waals surface area contributed by atoms with Crippen molar-refractivity contribution in [3.8, 4) is 11.3 Å². The topological polar surface area (TPSA) is 30.0 Å². The average Bonchev–Trinajstić information content (AvgIpc) is 2.97. The van der Waals surface area contributed by atoms with Crippen LogP contribution in [0.1, 0.15) is 27.9 Å². The molecular formula is C18H15NOS. The first-order chi connectivity index (χ1) is 10.2. The van der Waals surface area contributed by atoms with Gasteiger partial charge in [-0.15, -0.1) is 11.3 Å². The average molecular weight is 293 g/mol. The summed E-state index contributed by atoms with van der Waals surface area (Å²) in [6.45, 7) is 1.59. The number of carbonyl (C=O) groups is 1. The van der Waals surface area contributed by atoms with Gasteiger partial charge >= 0.3 is 0 Å². The summed E-state index contributed by atoms with van der Waals surface area (Å²) in [7, 11) is 0. The summed E-state index contributed by atoms with van der Waals surface area (Å²) in [5.74, 6) is 0.0981. The summed E-state index contributed by atoms with van der Waals surface area (Å²) in [6, 6.07) is 17.9. The number of carbonyl (C=O) groups excluding carboxylic acids is 1. The normalized spacial score (nSPS) is 10.5. The molecule has 3 aromatic rings. The standard InChI is InChI=1S/C18H15NOS/c1-13(20)16-9-5-6-14(10-16)11-18-19-17(12-21-18)15-7-3-2-4-8-15/h2-10,12H,11H2,1H3. The number of nitrogens with zero attached hydrogens (tertiary/aromatic N) is 1. The van der Waals surface area contributed by atoms with E-state index in [0.29, 0.717) is 0 Å². The van der Waals surface area contributed by atoms with Gasteiger partial charge in [0.15, 0.2) is 5.78 Å². The zero-order valence-corrected chi connectivity index (χ0v) is 12.6. The van der Waals surface area contributed by atoms with Crippen LogP contribution in [0.15, 0.2) is 60.0 Å². The SMILES string of the molecule is CC(=O)c1cccc(Cc2nc(-c3ccccc3)cs2)c1. The molecule has 0 radical (unpaired) electrons. The quantitative estimate of drug-likeness (QED) is 0.658. The van der Waals surface area contributed by atoms with Crippen LogP contribution in [-0.2, 0) is 6.42 Å². The monoisotopic (exact) mass is 293 g/mol. The van der Waals surface area contributed by atoms with Crippen molar-refractivity contribution in [2.45, 2.75) is 13.3 Å². The second-order valence-electron chi connectivity index (χ2n) is 4.93. The fraction of sp³-hybridized carbons (Fsp3) is 0.111.